The summed E-state index contributed by atoms with van der Waals surface area (Å²) in [5, 5.41) is 0. The molecule has 2 aromatic rings. The number of amides is 1. The molecule has 3 N–H and O–H groups in total. The van der Waals surface area contributed by atoms with E-state index >= 15 is 0 Å². The molecular weight excluding hydrogens is 330 g/mol. The third-order valence-electron chi connectivity index (χ3n) is 4.14. The molecule has 1 atom stereocenters. The molecule has 1 fully saturated rings. The highest BCUT2D eigenvalue weighted by molar-refractivity contribution is 9.10. The summed E-state index contributed by atoms with van der Waals surface area (Å²) >= 11 is 3.42. The maximum Gasteiger partial charge on any atom is 0.254 e. The average molecular weight is 348 g/mol. The molecule has 2 heterocycles. The van der Waals surface area contributed by atoms with Crippen molar-refractivity contribution in [3.63, 3.8) is 0 Å². The number of aromatic amines is 1. The van der Waals surface area contributed by atoms with Crippen LogP contribution in [0.1, 0.15) is 40.5 Å². The van der Waals surface area contributed by atoms with Crippen molar-refractivity contribution < 1.29 is 4.79 Å². The summed E-state index contributed by atoms with van der Waals surface area (Å²) in [7, 11) is 0. The molecule has 1 aromatic carbocycles. The highest BCUT2D eigenvalue weighted by Crippen LogP contribution is 2.33. The molecule has 1 aromatic heterocycles. The van der Waals surface area contributed by atoms with Gasteiger partial charge in [-0.3, -0.25) is 4.79 Å². The summed E-state index contributed by atoms with van der Waals surface area (Å²) in [6, 6.07) is 7.83. The highest BCUT2D eigenvalue weighted by atomic mass is 79.9. The number of likely N-dealkylation sites (tertiary alicyclic amines) is 1. The van der Waals surface area contributed by atoms with Gasteiger partial charge in [-0.2, -0.15) is 0 Å². The van der Waals surface area contributed by atoms with Crippen LogP contribution in [0.4, 0.5) is 5.69 Å². The first-order chi connectivity index (χ1) is 10.1. The summed E-state index contributed by atoms with van der Waals surface area (Å²) in [5.74, 6) is 0.0533. The molecule has 1 unspecified atom stereocenters. The normalized spacial score (nSPS) is 18.2. The van der Waals surface area contributed by atoms with E-state index < -0.39 is 0 Å². The second-order valence-electron chi connectivity index (χ2n) is 5.45. The minimum Gasteiger partial charge on any atom is -0.398 e. The van der Waals surface area contributed by atoms with Gasteiger partial charge in [-0.1, -0.05) is 15.9 Å². The standard InChI is InChI=1S/C16H18BrN3O/c1-10-12(8-11(17)9-13(10)18)16(21)20-7-3-5-15(20)14-4-2-6-19-14/h2,4,6,8-9,15,19H,3,5,7,18H2,1H3. The Morgan fingerprint density at radius 1 is 1.48 bits per heavy atom. The Hall–Kier alpha value is -1.75. The zero-order valence-corrected chi connectivity index (χ0v) is 13.5. The van der Waals surface area contributed by atoms with E-state index in [9.17, 15) is 4.79 Å². The van der Waals surface area contributed by atoms with Gasteiger partial charge < -0.3 is 15.6 Å². The van der Waals surface area contributed by atoms with Crippen LogP contribution in [-0.2, 0) is 0 Å². The molecule has 0 radical (unpaired) electrons. The van der Waals surface area contributed by atoms with Gasteiger partial charge in [0.1, 0.15) is 0 Å². The van der Waals surface area contributed by atoms with Crippen LogP contribution in [-0.4, -0.2) is 22.3 Å². The lowest BCUT2D eigenvalue weighted by Crippen LogP contribution is -2.31. The number of nitrogen functional groups attached to an aromatic ring is 1. The van der Waals surface area contributed by atoms with Crippen molar-refractivity contribution in [3.8, 4) is 0 Å². The molecule has 1 aliphatic heterocycles. The van der Waals surface area contributed by atoms with Crippen LogP contribution in [0.15, 0.2) is 34.9 Å². The summed E-state index contributed by atoms with van der Waals surface area (Å²) in [6.07, 6.45) is 3.92. The van der Waals surface area contributed by atoms with E-state index in [2.05, 4.69) is 20.9 Å². The third-order valence-corrected chi connectivity index (χ3v) is 4.60. The molecule has 1 amide bonds. The Balaban J connectivity index is 1.95. The monoisotopic (exact) mass is 347 g/mol. The van der Waals surface area contributed by atoms with Crippen molar-refractivity contribution in [3.05, 3.63) is 51.8 Å². The Morgan fingerprint density at radius 3 is 3.00 bits per heavy atom. The molecule has 1 saturated heterocycles. The number of hydrogen-bond donors (Lipinski definition) is 2. The minimum absolute atomic E-state index is 0.0533. The van der Waals surface area contributed by atoms with Gasteiger partial charge in [-0.15, -0.1) is 0 Å². The van der Waals surface area contributed by atoms with Crippen molar-refractivity contribution in [1.82, 2.24) is 9.88 Å². The molecule has 0 aliphatic carbocycles. The number of aromatic nitrogens is 1. The summed E-state index contributed by atoms with van der Waals surface area (Å²) in [4.78, 5) is 18.1. The predicted octanol–water partition coefficient (Wildman–Crippen LogP) is 3.65. The summed E-state index contributed by atoms with van der Waals surface area (Å²) in [5.41, 5.74) is 9.25. The predicted molar refractivity (Wildman–Crippen MR) is 87.1 cm³/mol. The number of halogens is 1. The maximum atomic E-state index is 12.9. The Morgan fingerprint density at radius 2 is 2.29 bits per heavy atom. The van der Waals surface area contributed by atoms with E-state index in [1.54, 1.807) is 0 Å². The quantitative estimate of drug-likeness (QED) is 0.814. The SMILES string of the molecule is Cc1c(N)cc(Br)cc1C(=O)N1CCCC1c1ccc[nH]1. The number of carbonyl (C=O) groups is 1. The number of nitrogens with one attached hydrogen (secondary N) is 1. The van der Waals surface area contributed by atoms with Crippen molar-refractivity contribution in [2.45, 2.75) is 25.8 Å². The molecule has 4 nitrogen and oxygen atoms in total. The van der Waals surface area contributed by atoms with E-state index in [0.717, 1.165) is 35.1 Å². The van der Waals surface area contributed by atoms with Crippen LogP contribution in [0, 0.1) is 6.92 Å². The van der Waals surface area contributed by atoms with Gasteiger partial charge in [-0.05, 0) is 49.6 Å². The van der Waals surface area contributed by atoms with Crippen LogP contribution >= 0.6 is 15.9 Å². The van der Waals surface area contributed by atoms with Gasteiger partial charge in [0.15, 0.2) is 0 Å². The molecular formula is C16H18BrN3O. The highest BCUT2D eigenvalue weighted by Gasteiger charge is 2.32. The first-order valence-corrected chi connectivity index (χ1v) is 7.87. The fourth-order valence-corrected chi connectivity index (χ4v) is 3.44. The van der Waals surface area contributed by atoms with Crippen molar-refractivity contribution in [2.75, 3.05) is 12.3 Å². The van der Waals surface area contributed by atoms with E-state index in [-0.39, 0.29) is 11.9 Å². The van der Waals surface area contributed by atoms with Crippen LogP contribution < -0.4 is 5.73 Å². The van der Waals surface area contributed by atoms with Crippen molar-refractivity contribution in [1.29, 1.82) is 0 Å². The lowest BCUT2D eigenvalue weighted by molar-refractivity contribution is 0.0732. The number of H-pyrrole nitrogens is 1. The largest absolute Gasteiger partial charge is 0.398 e. The van der Waals surface area contributed by atoms with Crippen LogP contribution in [0.2, 0.25) is 0 Å². The van der Waals surface area contributed by atoms with Crippen molar-refractivity contribution in [2.24, 2.45) is 0 Å². The molecule has 21 heavy (non-hydrogen) atoms. The Labute approximate surface area is 132 Å². The summed E-state index contributed by atoms with van der Waals surface area (Å²) < 4.78 is 0.838. The number of rotatable bonds is 2. The second kappa shape index (κ2) is 5.56. The van der Waals surface area contributed by atoms with Gasteiger partial charge in [0, 0.05) is 34.2 Å². The number of nitrogens with two attached hydrogens (primary N) is 1. The van der Waals surface area contributed by atoms with Crippen LogP contribution in [0.5, 0.6) is 0 Å². The molecule has 0 bridgehead atoms. The van der Waals surface area contributed by atoms with Crippen LogP contribution in [0.3, 0.4) is 0 Å². The van der Waals surface area contributed by atoms with Crippen molar-refractivity contribution >= 4 is 27.5 Å². The van der Waals surface area contributed by atoms with E-state index in [1.165, 1.54) is 0 Å². The van der Waals surface area contributed by atoms with E-state index in [1.807, 2.05) is 42.3 Å². The molecule has 1 aliphatic rings. The van der Waals surface area contributed by atoms with E-state index in [0.29, 0.717) is 11.3 Å². The zero-order valence-electron chi connectivity index (χ0n) is 11.9. The van der Waals surface area contributed by atoms with E-state index in [4.69, 9.17) is 5.73 Å². The molecule has 110 valence electrons. The number of anilines is 1. The van der Waals surface area contributed by atoms with Gasteiger partial charge in [0.2, 0.25) is 0 Å². The fourth-order valence-electron chi connectivity index (χ4n) is 2.96. The second-order valence-corrected chi connectivity index (χ2v) is 6.37. The number of carbonyl (C=O) groups excluding carboxylic acids is 1. The smallest absolute Gasteiger partial charge is 0.254 e. The molecule has 0 spiro atoms. The lowest BCUT2D eigenvalue weighted by atomic mass is 10.0. The Bertz CT molecular complexity index is 666. The van der Waals surface area contributed by atoms with Gasteiger partial charge in [0.25, 0.3) is 5.91 Å². The molecule has 5 heteroatoms. The first kappa shape index (κ1) is 14.2. The van der Waals surface area contributed by atoms with Gasteiger partial charge >= 0.3 is 0 Å². The third kappa shape index (κ3) is 2.58. The molecule has 3 rings (SSSR count). The average Bonchev–Trinajstić information content (AvgIpc) is 3.11. The first-order valence-electron chi connectivity index (χ1n) is 7.08. The minimum atomic E-state index is 0.0533. The zero-order chi connectivity index (χ0) is 15.0. The number of benzene rings is 1. The van der Waals surface area contributed by atoms with Crippen LogP contribution in [0.25, 0.3) is 0 Å². The fraction of sp³-hybridized carbons (Fsp3) is 0.312. The maximum absolute atomic E-state index is 12.9. The number of hydrogen-bond acceptors (Lipinski definition) is 2. The summed E-state index contributed by atoms with van der Waals surface area (Å²) in [6.45, 7) is 2.68. The lowest BCUT2D eigenvalue weighted by Gasteiger charge is -2.25. The topological polar surface area (TPSA) is 62.1 Å². The molecule has 0 saturated carbocycles. The van der Waals surface area contributed by atoms with Gasteiger partial charge in [-0.25, -0.2) is 0 Å². The Kier molecular flexibility index (Phi) is 3.76. The van der Waals surface area contributed by atoms with Gasteiger partial charge in [0.05, 0.1) is 6.04 Å². The number of nitrogens with zero attached hydrogens (tertiary/aromatic N) is 1.